The summed E-state index contributed by atoms with van der Waals surface area (Å²) in [5.74, 6) is -0.821. The third kappa shape index (κ3) is 4.85. The van der Waals surface area contributed by atoms with Crippen LogP contribution in [0.4, 0.5) is 24.5 Å². The number of anilines is 1. The van der Waals surface area contributed by atoms with E-state index in [1.165, 1.54) is 31.2 Å². The van der Waals surface area contributed by atoms with Crippen molar-refractivity contribution >= 4 is 28.9 Å². The Morgan fingerprint density at radius 2 is 1.96 bits per heavy atom. The van der Waals surface area contributed by atoms with Crippen molar-refractivity contribution in [2.45, 2.75) is 19.2 Å². The lowest BCUT2D eigenvalue weighted by molar-refractivity contribution is -0.384. The average Bonchev–Trinajstić information content (AvgIpc) is 2.55. The molecule has 0 aromatic heterocycles. The molecule has 0 aliphatic rings. The standard InChI is InChI=1S/C16H12ClF3N2O4/c1-9(26-12-4-2-3-11(8-12)22(24)25)15(23)21-14-6-5-10(17)7-13(14)16(18,19)20/h2-9H,1H3,(H,21,23)/t9-/m1/s1. The largest absolute Gasteiger partial charge is 0.481 e. The lowest BCUT2D eigenvalue weighted by Gasteiger charge is -2.17. The summed E-state index contributed by atoms with van der Waals surface area (Å²) < 4.78 is 44.4. The number of nitro benzene ring substituents is 1. The van der Waals surface area contributed by atoms with Gasteiger partial charge in [0.2, 0.25) is 0 Å². The summed E-state index contributed by atoms with van der Waals surface area (Å²) in [6.07, 6.45) is -5.91. The first kappa shape index (κ1) is 19.5. The number of non-ortho nitro benzene ring substituents is 1. The number of carbonyl (C=O) groups excluding carboxylic acids is 1. The maximum absolute atomic E-state index is 13.0. The minimum atomic E-state index is -4.71. The third-order valence-corrected chi connectivity index (χ3v) is 3.49. The summed E-state index contributed by atoms with van der Waals surface area (Å²) in [6.45, 7) is 1.30. The average molecular weight is 389 g/mol. The van der Waals surface area contributed by atoms with Crippen LogP contribution in [0, 0.1) is 10.1 Å². The van der Waals surface area contributed by atoms with E-state index in [-0.39, 0.29) is 16.5 Å². The van der Waals surface area contributed by atoms with E-state index in [2.05, 4.69) is 5.32 Å². The first-order valence-electron chi connectivity index (χ1n) is 7.16. The van der Waals surface area contributed by atoms with Crippen LogP contribution in [0.5, 0.6) is 5.75 Å². The number of carbonyl (C=O) groups is 1. The fourth-order valence-electron chi connectivity index (χ4n) is 2.02. The molecule has 1 atom stereocenters. The number of amides is 1. The second kappa shape index (κ2) is 7.61. The third-order valence-electron chi connectivity index (χ3n) is 3.26. The Kier molecular flexibility index (Phi) is 5.71. The maximum atomic E-state index is 13.0. The highest BCUT2D eigenvalue weighted by Gasteiger charge is 2.34. The molecule has 2 rings (SSSR count). The Bertz CT molecular complexity index is 842. The number of nitro groups is 1. The summed E-state index contributed by atoms with van der Waals surface area (Å²) in [5, 5.41) is 12.7. The number of rotatable bonds is 5. The van der Waals surface area contributed by atoms with Gasteiger partial charge in [0, 0.05) is 11.1 Å². The molecule has 0 saturated carbocycles. The molecule has 10 heteroatoms. The fourth-order valence-corrected chi connectivity index (χ4v) is 2.19. The van der Waals surface area contributed by atoms with Gasteiger partial charge in [0.1, 0.15) is 5.75 Å². The predicted octanol–water partition coefficient (Wildman–Crippen LogP) is 4.67. The second-order valence-electron chi connectivity index (χ2n) is 5.19. The Balaban J connectivity index is 2.15. The van der Waals surface area contributed by atoms with Crippen molar-refractivity contribution in [3.8, 4) is 5.75 Å². The SMILES string of the molecule is C[C@@H](Oc1cccc([N+](=O)[O-])c1)C(=O)Nc1ccc(Cl)cc1C(F)(F)F. The molecular formula is C16H12ClF3N2O4. The zero-order valence-electron chi connectivity index (χ0n) is 13.2. The highest BCUT2D eigenvalue weighted by atomic mass is 35.5. The van der Waals surface area contributed by atoms with Crippen LogP contribution in [0.1, 0.15) is 12.5 Å². The summed E-state index contributed by atoms with van der Waals surface area (Å²) in [7, 11) is 0. The zero-order valence-corrected chi connectivity index (χ0v) is 14.0. The van der Waals surface area contributed by atoms with Crippen LogP contribution < -0.4 is 10.1 Å². The molecule has 1 amide bonds. The van der Waals surface area contributed by atoms with Crippen molar-refractivity contribution in [3.05, 3.63) is 63.2 Å². The van der Waals surface area contributed by atoms with Crippen LogP contribution in [-0.2, 0) is 11.0 Å². The number of ether oxygens (including phenoxy) is 1. The summed E-state index contributed by atoms with van der Waals surface area (Å²) in [4.78, 5) is 22.2. The Hall–Kier alpha value is -2.81. The van der Waals surface area contributed by atoms with Gasteiger partial charge in [0.15, 0.2) is 6.10 Å². The molecule has 0 unspecified atom stereocenters. The normalized spacial score (nSPS) is 12.3. The molecule has 26 heavy (non-hydrogen) atoms. The minimum Gasteiger partial charge on any atom is -0.481 e. The van der Waals surface area contributed by atoms with Crippen LogP contribution >= 0.6 is 11.6 Å². The van der Waals surface area contributed by atoms with Crippen molar-refractivity contribution in [3.63, 3.8) is 0 Å². The van der Waals surface area contributed by atoms with Gasteiger partial charge in [0.25, 0.3) is 11.6 Å². The summed E-state index contributed by atoms with van der Waals surface area (Å²) in [5.41, 5.74) is -1.81. The van der Waals surface area contributed by atoms with Crippen molar-refractivity contribution in [2.75, 3.05) is 5.32 Å². The number of hydrogen-bond acceptors (Lipinski definition) is 4. The van der Waals surface area contributed by atoms with Crippen molar-refractivity contribution in [1.29, 1.82) is 0 Å². The van der Waals surface area contributed by atoms with Crippen LogP contribution in [-0.4, -0.2) is 16.9 Å². The van der Waals surface area contributed by atoms with E-state index in [1.54, 1.807) is 0 Å². The molecule has 2 aromatic rings. The molecule has 1 N–H and O–H groups in total. The van der Waals surface area contributed by atoms with Gasteiger partial charge in [-0.1, -0.05) is 17.7 Å². The van der Waals surface area contributed by atoms with Crippen LogP contribution in [0.2, 0.25) is 5.02 Å². The number of nitrogens with zero attached hydrogens (tertiary/aromatic N) is 1. The number of benzene rings is 2. The van der Waals surface area contributed by atoms with E-state index in [4.69, 9.17) is 16.3 Å². The number of halogens is 4. The quantitative estimate of drug-likeness (QED) is 0.596. The lowest BCUT2D eigenvalue weighted by atomic mass is 10.1. The molecule has 138 valence electrons. The lowest BCUT2D eigenvalue weighted by Crippen LogP contribution is -2.31. The van der Waals surface area contributed by atoms with Crippen molar-refractivity contribution in [1.82, 2.24) is 0 Å². The van der Waals surface area contributed by atoms with Gasteiger partial charge in [-0.15, -0.1) is 0 Å². The highest BCUT2D eigenvalue weighted by molar-refractivity contribution is 6.30. The second-order valence-corrected chi connectivity index (χ2v) is 5.63. The highest BCUT2D eigenvalue weighted by Crippen LogP contribution is 2.36. The first-order valence-corrected chi connectivity index (χ1v) is 7.54. The fraction of sp³-hybridized carbons (Fsp3) is 0.188. The Morgan fingerprint density at radius 3 is 2.58 bits per heavy atom. The molecule has 0 saturated heterocycles. The molecule has 0 bridgehead atoms. The van der Waals surface area contributed by atoms with Crippen LogP contribution in [0.25, 0.3) is 0 Å². The first-order chi connectivity index (χ1) is 12.1. The Labute approximate surface area is 150 Å². The summed E-state index contributed by atoms with van der Waals surface area (Å²) >= 11 is 5.58. The van der Waals surface area contributed by atoms with E-state index in [1.807, 2.05) is 0 Å². The van der Waals surface area contributed by atoms with E-state index in [0.29, 0.717) is 6.07 Å². The van der Waals surface area contributed by atoms with Gasteiger partial charge in [-0.25, -0.2) is 0 Å². The van der Waals surface area contributed by atoms with Gasteiger partial charge in [-0.3, -0.25) is 14.9 Å². The topological polar surface area (TPSA) is 81.5 Å². The monoisotopic (exact) mass is 388 g/mol. The molecule has 0 aliphatic carbocycles. The van der Waals surface area contributed by atoms with Gasteiger partial charge in [-0.05, 0) is 31.2 Å². The van der Waals surface area contributed by atoms with Crippen molar-refractivity contribution < 1.29 is 27.6 Å². The molecule has 0 radical (unpaired) electrons. The molecule has 0 aliphatic heterocycles. The number of hydrogen-bond donors (Lipinski definition) is 1. The Morgan fingerprint density at radius 1 is 1.27 bits per heavy atom. The van der Waals surface area contributed by atoms with Crippen LogP contribution in [0.15, 0.2) is 42.5 Å². The van der Waals surface area contributed by atoms with Crippen LogP contribution in [0.3, 0.4) is 0 Å². The summed E-state index contributed by atoms with van der Waals surface area (Å²) in [6, 6.07) is 8.03. The smallest absolute Gasteiger partial charge is 0.418 e. The zero-order chi connectivity index (χ0) is 19.5. The molecule has 2 aromatic carbocycles. The minimum absolute atomic E-state index is 0.0361. The van der Waals surface area contributed by atoms with E-state index < -0.39 is 34.4 Å². The van der Waals surface area contributed by atoms with Gasteiger partial charge in [0.05, 0.1) is 22.2 Å². The molecule has 0 fully saturated rings. The van der Waals surface area contributed by atoms with E-state index in [0.717, 1.165) is 12.1 Å². The molecule has 0 heterocycles. The van der Waals surface area contributed by atoms with Crippen molar-refractivity contribution in [2.24, 2.45) is 0 Å². The molecule has 6 nitrogen and oxygen atoms in total. The molecular weight excluding hydrogens is 377 g/mol. The molecule has 0 spiro atoms. The number of nitrogens with one attached hydrogen (secondary N) is 1. The van der Waals surface area contributed by atoms with Gasteiger partial charge in [-0.2, -0.15) is 13.2 Å². The maximum Gasteiger partial charge on any atom is 0.418 e. The van der Waals surface area contributed by atoms with E-state index >= 15 is 0 Å². The van der Waals surface area contributed by atoms with E-state index in [9.17, 15) is 28.1 Å². The van der Waals surface area contributed by atoms with Gasteiger partial charge >= 0.3 is 6.18 Å². The predicted molar refractivity (Wildman–Crippen MR) is 88.3 cm³/mol. The number of alkyl halides is 3. The van der Waals surface area contributed by atoms with Gasteiger partial charge < -0.3 is 10.1 Å².